The number of thiophene rings is 1. The minimum absolute atomic E-state index is 0.0733. The molecule has 2 aliphatic rings. The van der Waals surface area contributed by atoms with Crippen LogP contribution in [0, 0.1) is 10.1 Å². The second-order valence-corrected chi connectivity index (χ2v) is 9.43. The lowest BCUT2D eigenvalue weighted by molar-refractivity contribution is -0.384. The van der Waals surface area contributed by atoms with Crippen LogP contribution in [0.1, 0.15) is 20.9 Å². The van der Waals surface area contributed by atoms with Crippen molar-refractivity contribution in [2.75, 3.05) is 37.7 Å². The number of rotatable bonds is 4. The minimum atomic E-state index is -0.454. The summed E-state index contributed by atoms with van der Waals surface area (Å²) in [6, 6.07) is 8.62. The summed E-state index contributed by atoms with van der Waals surface area (Å²) in [6.07, 6.45) is 0.685. The van der Waals surface area contributed by atoms with Crippen LogP contribution in [0.25, 0.3) is 9.88 Å². The van der Waals surface area contributed by atoms with E-state index in [0.717, 1.165) is 26.1 Å². The Hall–Kier alpha value is -2.82. The number of amides is 1. The molecule has 2 aliphatic heterocycles. The number of ether oxygens (including phenoxy) is 1. The number of thiazole rings is 1. The maximum Gasteiger partial charge on any atom is 0.270 e. The van der Waals surface area contributed by atoms with Gasteiger partial charge in [0, 0.05) is 43.1 Å². The van der Waals surface area contributed by atoms with Crippen LogP contribution in [0.15, 0.2) is 35.7 Å². The fourth-order valence-electron chi connectivity index (χ4n) is 3.93. The number of fused-ring (bicyclic) bond motifs is 1. The fourth-order valence-corrected chi connectivity index (χ4v) is 5.85. The highest BCUT2D eigenvalue weighted by molar-refractivity contribution is 7.21. The van der Waals surface area contributed by atoms with Gasteiger partial charge in [-0.1, -0.05) is 6.07 Å². The van der Waals surface area contributed by atoms with Crippen LogP contribution in [0.2, 0.25) is 0 Å². The van der Waals surface area contributed by atoms with E-state index in [1.807, 2.05) is 11.4 Å². The highest BCUT2D eigenvalue weighted by Gasteiger charge is 2.29. The van der Waals surface area contributed by atoms with Crippen LogP contribution in [0.4, 0.5) is 11.4 Å². The summed E-state index contributed by atoms with van der Waals surface area (Å²) >= 11 is 3.27. The standard InChI is InChI=1S/C21H20N4O4S2/c26-21(15-12-14(25(27)28)3-4-17(15)23-7-9-29-10-8-23)24-6-5-16-19(13-24)31-20(22-16)18-2-1-11-30-18/h1-4,11-12H,5-10,13H2. The SMILES string of the molecule is O=C(c1cc([N+](=O)[O-])ccc1N1CCOCC1)N1CCc2nc(-c3cccs3)sc2C1. The number of nitro groups is 1. The molecule has 8 nitrogen and oxygen atoms in total. The lowest BCUT2D eigenvalue weighted by Crippen LogP contribution is -2.39. The fraction of sp³-hybridized carbons (Fsp3) is 0.333. The molecule has 0 N–H and O–H groups in total. The summed E-state index contributed by atoms with van der Waals surface area (Å²) < 4.78 is 5.42. The number of hydrogen-bond acceptors (Lipinski definition) is 8. The Morgan fingerprint density at radius 1 is 1.19 bits per heavy atom. The van der Waals surface area contributed by atoms with E-state index in [-0.39, 0.29) is 11.6 Å². The number of nitro benzene ring substituents is 1. The van der Waals surface area contributed by atoms with Crippen molar-refractivity contribution in [1.82, 2.24) is 9.88 Å². The van der Waals surface area contributed by atoms with Gasteiger partial charge >= 0.3 is 0 Å². The van der Waals surface area contributed by atoms with E-state index < -0.39 is 4.92 Å². The molecule has 2 aromatic heterocycles. The van der Waals surface area contributed by atoms with E-state index in [0.29, 0.717) is 51.4 Å². The van der Waals surface area contributed by atoms with Gasteiger partial charge in [-0.15, -0.1) is 22.7 Å². The molecule has 0 radical (unpaired) electrons. The highest BCUT2D eigenvalue weighted by atomic mass is 32.1. The van der Waals surface area contributed by atoms with Crippen LogP contribution in [-0.2, 0) is 17.7 Å². The number of benzene rings is 1. The van der Waals surface area contributed by atoms with Crippen molar-refractivity contribution in [2.24, 2.45) is 0 Å². The third-order valence-corrected chi connectivity index (χ3v) is 7.65. The number of carbonyl (C=O) groups excluding carboxylic acids is 1. The van der Waals surface area contributed by atoms with Crippen molar-refractivity contribution in [2.45, 2.75) is 13.0 Å². The van der Waals surface area contributed by atoms with Crippen molar-refractivity contribution in [3.63, 3.8) is 0 Å². The predicted octanol–water partition coefficient (Wildman–Crippen LogP) is 3.81. The summed E-state index contributed by atoms with van der Waals surface area (Å²) in [5.74, 6) is -0.179. The first-order valence-electron chi connectivity index (χ1n) is 10.0. The minimum Gasteiger partial charge on any atom is -0.378 e. The van der Waals surface area contributed by atoms with E-state index in [1.165, 1.54) is 12.1 Å². The zero-order valence-corrected chi connectivity index (χ0v) is 18.3. The van der Waals surface area contributed by atoms with Crippen molar-refractivity contribution in [3.05, 3.63) is 62.0 Å². The summed E-state index contributed by atoms with van der Waals surface area (Å²) in [5, 5.41) is 14.4. The van der Waals surface area contributed by atoms with Gasteiger partial charge < -0.3 is 14.5 Å². The molecule has 5 rings (SSSR count). The monoisotopic (exact) mass is 456 g/mol. The molecule has 0 bridgehead atoms. The van der Waals surface area contributed by atoms with Crippen LogP contribution >= 0.6 is 22.7 Å². The van der Waals surface area contributed by atoms with E-state index >= 15 is 0 Å². The summed E-state index contributed by atoms with van der Waals surface area (Å²) in [7, 11) is 0. The van der Waals surface area contributed by atoms with Crippen molar-refractivity contribution in [1.29, 1.82) is 0 Å². The van der Waals surface area contributed by atoms with Gasteiger partial charge in [-0.3, -0.25) is 14.9 Å². The third kappa shape index (κ3) is 3.93. The number of hydrogen-bond donors (Lipinski definition) is 0. The van der Waals surface area contributed by atoms with Crippen LogP contribution in [-0.4, -0.2) is 53.6 Å². The maximum atomic E-state index is 13.5. The van der Waals surface area contributed by atoms with Gasteiger partial charge in [0.1, 0.15) is 5.01 Å². The van der Waals surface area contributed by atoms with Gasteiger partial charge in [-0.25, -0.2) is 4.98 Å². The average Bonchev–Trinajstić information content (AvgIpc) is 3.48. The molecule has 0 atom stereocenters. The first-order chi connectivity index (χ1) is 15.1. The zero-order chi connectivity index (χ0) is 21.4. The first-order valence-corrected chi connectivity index (χ1v) is 11.7. The van der Waals surface area contributed by atoms with E-state index in [9.17, 15) is 14.9 Å². The Bertz CT molecular complexity index is 1120. The van der Waals surface area contributed by atoms with Crippen molar-refractivity contribution >= 4 is 40.0 Å². The average molecular weight is 457 g/mol. The van der Waals surface area contributed by atoms with Gasteiger partial charge in [0.15, 0.2) is 0 Å². The van der Waals surface area contributed by atoms with E-state index in [2.05, 4.69) is 11.0 Å². The molecule has 0 spiro atoms. The van der Waals surface area contributed by atoms with Crippen molar-refractivity contribution in [3.8, 4) is 9.88 Å². The molecule has 160 valence electrons. The molecule has 1 amide bonds. The van der Waals surface area contributed by atoms with Crippen molar-refractivity contribution < 1.29 is 14.5 Å². The molecular formula is C21H20N4O4S2. The van der Waals surface area contributed by atoms with Crippen LogP contribution < -0.4 is 4.90 Å². The highest BCUT2D eigenvalue weighted by Crippen LogP contribution is 2.35. The molecule has 1 aromatic carbocycles. The van der Waals surface area contributed by atoms with Gasteiger partial charge in [-0.05, 0) is 17.5 Å². The van der Waals surface area contributed by atoms with Gasteiger partial charge in [0.05, 0.1) is 46.5 Å². The smallest absolute Gasteiger partial charge is 0.270 e. The lowest BCUT2D eigenvalue weighted by atomic mass is 10.1. The quantitative estimate of drug-likeness (QED) is 0.438. The Morgan fingerprint density at radius 3 is 2.77 bits per heavy atom. The molecule has 0 aliphatic carbocycles. The first kappa shape index (κ1) is 20.1. The summed E-state index contributed by atoms with van der Waals surface area (Å²) in [5.41, 5.74) is 2.08. The third-order valence-electron chi connectivity index (χ3n) is 5.52. The molecule has 1 fully saturated rings. The van der Waals surface area contributed by atoms with Gasteiger partial charge in [0.25, 0.3) is 11.6 Å². The van der Waals surface area contributed by atoms with Crippen LogP contribution in [0.3, 0.4) is 0 Å². The maximum absolute atomic E-state index is 13.5. The topological polar surface area (TPSA) is 88.8 Å². The molecular weight excluding hydrogens is 436 g/mol. The Labute approximate surface area is 186 Å². The van der Waals surface area contributed by atoms with E-state index in [4.69, 9.17) is 9.72 Å². The lowest BCUT2D eigenvalue weighted by Gasteiger charge is -2.32. The zero-order valence-electron chi connectivity index (χ0n) is 16.7. The van der Waals surface area contributed by atoms with Gasteiger partial charge in [0.2, 0.25) is 0 Å². The number of morpholine rings is 1. The molecule has 3 aromatic rings. The second-order valence-electron chi connectivity index (χ2n) is 7.40. The Morgan fingerprint density at radius 2 is 2.03 bits per heavy atom. The molecule has 4 heterocycles. The number of aromatic nitrogens is 1. The Kier molecular flexibility index (Phi) is 5.43. The number of nitrogens with zero attached hydrogens (tertiary/aromatic N) is 4. The Balaban J connectivity index is 1.44. The largest absolute Gasteiger partial charge is 0.378 e. The molecule has 0 saturated carbocycles. The summed E-state index contributed by atoms with van der Waals surface area (Å²) in [4.78, 5) is 35.2. The molecule has 31 heavy (non-hydrogen) atoms. The normalized spacial score (nSPS) is 16.3. The molecule has 1 saturated heterocycles. The second kappa shape index (κ2) is 8.37. The van der Waals surface area contributed by atoms with Gasteiger partial charge in [-0.2, -0.15) is 0 Å². The molecule has 10 heteroatoms. The summed E-state index contributed by atoms with van der Waals surface area (Å²) in [6.45, 7) is 3.48. The molecule has 0 unspecified atom stereocenters. The van der Waals surface area contributed by atoms with Crippen LogP contribution in [0.5, 0.6) is 0 Å². The number of non-ortho nitro benzene ring substituents is 1. The number of anilines is 1. The predicted molar refractivity (Wildman–Crippen MR) is 120 cm³/mol. The number of carbonyl (C=O) groups is 1. The van der Waals surface area contributed by atoms with E-state index in [1.54, 1.807) is 33.6 Å².